The number of para-hydroxylation sites is 1. The fraction of sp³-hybridized carbons (Fsp3) is 0.588. The van der Waals surface area contributed by atoms with E-state index in [1.807, 2.05) is 24.3 Å². The van der Waals surface area contributed by atoms with E-state index in [4.69, 9.17) is 0 Å². The molecule has 0 aromatic heterocycles. The number of anilines is 1. The van der Waals surface area contributed by atoms with E-state index in [2.05, 4.69) is 23.3 Å². The molecule has 0 unspecified atom stereocenters. The molecule has 2 N–H and O–H groups in total. The molecular weight excluding hydrogens is 280 g/mol. The summed E-state index contributed by atoms with van der Waals surface area (Å²) in [5.74, 6) is 2.52. The number of hydrogen-bond donors (Lipinski definition) is 3. The lowest BCUT2D eigenvalue weighted by molar-refractivity contribution is -0.0127. The highest BCUT2D eigenvalue weighted by molar-refractivity contribution is 7.80. The number of rotatable bonds is 2. The van der Waals surface area contributed by atoms with Gasteiger partial charge in [0.1, 0.15) is 0 Å². The summed E-state index contributed by atoms with van der Waals surface area (Å²) in [5, 5.41) is 6.28. The maximum absolute atomic E-state index is 12.4. The Morgan fingerprint density at radius 2 is 1.62 bits per heavy atom. The van der Waals surface area contributed by atoms with Gasteiger partial charge >= 0.3 is 6.03 Å². The van der Waals surface area contributed by atoms with Crippen LogP contribution in [0.2, 0.25) is 0 Å². The molecule has 0 spiro atoms. The molecule has 1 aromatic rings. The second-order valence-corrected chi connectivity index (χ2v) is 7.78. The van der Waals surface area contributed by atoms with Crippen LogP contribution in [0.4, 0.5) is 10.5 Å². The first-order chi connectivity index (χ1) is 10.1. The summed E-state index contributed by atoms with van der Waals surface area (Å²) >= 11 is 4.39. The molecule has 4 fully saturated rings. The minimum absolute atomic E-state index is 0.0599. The van der Waals surface area contributed by atoms with Crippen molar-refractivity contribution in [3.63, 3.8) is 0 Å². The summed E-state index contributed by atoms with van der Waals surface area (Å²) in [6.07, 6.45) is 7.70. The van der Waals surface area contributed by atoms with Crippen LogP contribution in [0.1, 0.15) is 38.5 Å². The van der Waals surface area contributed by atoms with Crippen molar-refractivity contribution in [2.45, 2.75) is 49.0 Å². The van der Waals surface area contributed by atoms with Gasteiger partial charge in [-0.2, -0.15) is 0 Å². The monoisotopic (exact) mass is 302 g/mol. The molecule has 4 bridgehead atoms. The Labute approximate surface area is 131 Å². The summed E-state index contributed by atoms with van der Waals surface area (Å²) in [7, 11) is 0. The lowest BCUT2D eigenvalue weighted by Gasteiger charge is -2.56. The van der Waals surface area contributed by atoms with Gasteiger partial charge in [0.05, 0.1) is 5.69 Å². The van der Waals surface area contributed by atoms with E-state index >= 15 is 0 Å². The van der Waals surface area contributed by atoms with Gasteiger partial charge in [0, 0.05) is 10.4 Å². The summed E-state index contributed by atoms with van der Waals surface area (Å²) in [4.78, 5) is 13.2. The van der Waals surface area contributed by atoms with Crippen molar-refractivity contribution < 1.29 is 4.79 Å². The first-order valence-corrected chi connectivity index (χ1v) is 8.44. The Morgan fingerprint density at radius 1 is 1.05 bits per heavy atom. The van der Waals surface area contributed by atoms with E-state index in [-0.39, 0.29) is 11.6 Å². The van der Waals surface area contributed by atoms with Crippen LogP contribution in [0.25, 0.3) is 0 Å². The second kappa shape index (κ2) is 4.94. The normalized spacial score (nSPS) is 36.5. The predicted octanol–water partition coefficient (Wildman–Crippen LogP) is 4.07. The van der Waals surface area contributed by atoms with Gasteiger partial charge in [0.15, 0.2) is 0 Å². The Morgan fingerprint density at radius 3 is 2.19 bits per heavy atom. The number of benzene rings is 1. The van der Waals surface area contributed by atoms with Gasteiger partial charge in [-0.25, -0.2) is 4.79 Å². The molecule has 4 aliphatic carbocycles. The fourth-order valence-electron chi connectivity index (χ4n) is 5.24. The quantitative estimate of drug-likeness (QED) is 0.708. The van der Waals surface area contributed by atoms with Crippen molar-refractivity contribution in [2.24, 2.45) is 17.8 Å². The SMILES string of the molecule is O=C(Nc1ccccc1S)NC12CC3CC(CC(C3)C1)C2. The number of amides is 2. The fourth-order valence-corrected chi connectivity index (χ4v) is 5.45. The van der Waals surface area contributed by atoms with Crippen molar-refractivity contribution in [1.82, 2.24) is 5.32 Å². The average Bonchev–Trinajstić information content (AvgIpc) is 2.39. The van der Waals surface area contributed by atoms with Gasteiger partial charge in [-0.1, -0.05) is 12.1 Å². The maximum atomic E-state index is 12.4. The van der Waals surface area contributed by atoms with Gasteiger partial charge in [-0.05, 0) is 68.4 Å². The van der Waals surface area contributed by atoms with Gasteiger partial charge in [0.2, 0.25) is 0 Å². The van der Waals surface area contributed by atoms with Crippen LogP contribution in [-0.4, -0.2) is 11.6 Å². The van der Waals surface area contributed by atoms with Gasteiger partial charge < -0.3 is 10.6 Å². The zero-order valence-electron chi connectivity index (χ0n) is 12.1. The average molecular weight is 302 g/mol. The molecule has 0 saturated heterocycles. The zero-order chi connectivity index (χ0) is 14.4. The smallest absolute Gasteiger partial charge is 0.319 e. The second-order valence-electron chi connectivity index (χ2n) is 7.29. The third kappa shape index (κ3) is 2.54. The largest absolute Gasteiger partial charge is 0.332 e. The van der Waals surface area contributed by atoms with Crippen LogP contribution in [-0.2, 0) is 0 Å². The Hall–Kier alpha value is -1.16. The summed E-state index contributed by atoms with van der Waals surface area (Å²) < 4.78 is 0. The molecule has 0 heterocycles. The molecule has 0 aliphatic heterocycles. The molecular formula is C17H22N2OS. The summed E-state index contributed by atoms with van der Waals surface area (Å²) in [6, 6.07) is 7.55. The third-order valence-electron chi connectivity index (χ3n) is 5.57. The topological polar surface area (TPSA) is 41.1 Å². The highest BCUT2D eigenvalue weighted by Gasteiger charge is 2.51. The molecule has 2 amide bonds. The van der Waals surface area contributed by atoms with E-state index in [0.717, 1.165) is 28.3 Å². The molecule has 21 heavy (non-hydrogen) atoms. The molecule has 112 valence electrons. The number of carbonyl (C=O) groups excluding carboxylic acids is 1. The molecule has 5 rings (SSSR count). The van der Waals surface area contributed by atoms with Crippen molar-refractivity contribution in [1.29, 1.82) is 0 Å². The number of hydrogen-bond acceptors (Lipinski definition) is 2. The van der Waals surface area contributed by atoms with Gasteiger partial charge in [-0.15, -0.1) is 12.6 Å². The minimum Gasteiger partial charge on any atom is -0.332 e. The van der Waals surface area contributed by atoms with Crippen LogP contribution >= 0.6 is 12.6 Å². The summed E-state index contributed by atoms with van der Waals surface area (Å²) in [6.45, 7) is 0. The van der Waals surface area contributed by atoms with Crippen LogP contribution < -0.4 is 10.6 Å². The molecule has 4 heteroatoms. The number of thiol groups is 1. The van der Waals surface area contributed by atoms with Crippen molar-refractivity contribution >= 4 is 24.3 Å². The maximum Gasteiger partial charge on any atom is 0.319 e. The molecule has 0 atom stereocenters. The van der Waals surface area contributed by atoms with Crippen molar-refractivity contribution in [3.05, 3.63) is 24.3 Å². The van der Waals surface area contributed by atoms with Crippen LogP contribution in [0.3, 0.4) is 0 Å². The Bertz CT molecular complexity index is 536. The zero-order valence-corrected chi connectivity index (χ0v) is 13.0. The van der Waals surface area contributed by atoms with Gasteiger partial charge in [0.25, 0.3) is 0 Å². The molecule has 3 nitrogen and oxygen atoms in total. The van der Waals surface area contributed by atoms with Crippen molar-refractivity contribution in [2.75, 3.05) is 5.32 Å². The molecule has 4 saturated carbocycles. The Kier molecular flexibility index (Phi) is 3.18. The van der Waals surface area contributed by atoms with Gasteiger partial charge in [-0.3, -0.25) is 0 Å². The molecule has 0 radical (unpaired) electrons. The minimum atomic E-state index is -0.0709. The number of carbonyl (C=O) groups is 1. The lowest BCUT2D eigenvalue weighted by Crippen LogP contribution is -2.60. The van der Waals surface area contributed by atoms with Crippen LogP contribution in [0.15, 0.2) is 29.2 Å². The highest BCUT2D eigenvalue weighted by Crippen LogP contribution is 2.55. The number of urea groups is 1. The van der Waals surface area contributed by atoms with E-state index in [0.29, 0.717) is 0 Å². The molecule has 4 aliphatic rings. The van der Waals surface area contributed by atoms with Crippen LogP contribution in [0.5, 0.6) is 0 Å². The highest BCUT2D eigenvalue weighted by atomic mass is 32.1. The third-order valence-corrected chi connectivity index (χ3v) is 5.96. The predicted molar refractivity (Wildman–Crippen MR) is 86.8 cm³/mol. The van der Waals surface area contributed by atoms with E-state index < -0.39 is 0 Å². The first kappa shape index (κ1) is 13.5. The Balaban J connectivity index is 1.46. The standard InChI is InChI=1S/C17H22N2OS/c20-16(18-14-3-1-2-4-15(14)21)19-17-8-11-5-12(9-17)7-13(6-11)10-17/h1-4,11-13,21H,5-10H2,(H2,18,19,20). The van der Waals surface area contributed by atoms with E-state index in [1.165, 1.54) is 38.5 Å². The van der Waals surface area contributed by atoms with E-state index in [1.54, 1.807) is 0 Å². The van der Waals surface area contributed by atoms with Crippen LogP contribution in [0, 0.1) is 17.8 Å². The summed E-state index contributed by atoms with van der Waals surface area (Å²) in [5.41, 5.74) is 0.841. The van der Waals surface area contributed by atoms with E-state index in [9.17, 15) is 4.79 Å². The van der Waals surface area contributed by atoms with Crippen molar-refractivity contribution in [3.8, 4) is 0 Å². The lowest BCUT2D eigenvalue weighted by atomic mass is 9.53. The number of nitrogens with one attached hydrogen (secondary N) is 2. The molecule has 1 aromatic carbocycles. The first-order valence-electron chi connectivity index (χ1n) is 7.99.